The minimum atomic E-state index is -0.952. The molecule has 1 saturated heterocycles. The van der Waals surface area contributed by atoms with Crippen molar-refractivity contribution in [3.05, 3.63) is 0 Å². The van der Waals surface area contributed by atoms with E-state index in [0.717, 1.165) is 0 Å². The molecule has 1 aliphatic heterocycles. The summed E-state index contributed by atoms with van der Waals surface area (Å²) in [6.07, 6.45) is 1.06. The normalized spacial score (nSPS) is 20.0. The van der Waals surface area contributed by atoms with Crippen LogP contribution in [0.4, 0.5) is 0 Å². The second-order valence-electron chi connectivity index (χ2n) is 4.27. The van der Waals surface area contributed by atoms with Gasteiger partial charge in [-0.2, -0.15) is 0 Å². The van der Waals surface area contributed by atoms with Gasteiger partial charge in [-0.1, -0.05) is 0 Å². The van der Waals surface area contributed by atoms with Gasteiger partial charge in [-0.05, 0) is 19.8 Å². The second-order valence-corrected chi connectivity index (χ2v) is 4.27. The highest BCUT2D eigenvalue weighted by Crippen LogP contribution is 2.21. The second kappa shape index (κ2) is 4.61. The lowest BCUT2D eigenvalue weighted by Gasteiger charge is -2.35. The molecule has 0 spiro atoms. The number of aliphatic carboxylic acids is 1. The first-order valence-electron chi connectivity index (χ1n) is 5.13. The Hall–Kier alpha value is -1.10. The standard InChI is InChI=1S/C10H17NO4/c1-10(15)4-6-11(7-5-10)8(12)2-3-9(13)14/h15H,2-7H2,1H3,(H,13,14). The lowest BCUT2D eigenvalue weighted by Crippen LogP contribution is -2.45. The van der Waals surface area contributed by atoms with Crippen molar-refractivity contribution >= 4 is 11.9 Å². The number of carboxylic acids is 1. The molecule has 1 rings (SSSR count). The maximum atomic E-state index is 11.5. The Morgan fingerprint density at radius 2 is 1.80 bits per heavy atom. The van der Waals surface area contributed by atoms with Crippen LogP contribution in [0, 0.1) is 0 Å². The van der Waals surface area contributed by atoms with Gasteiger partial charge in [-0.15, -0.1) is 0 Å². The summed E-state index contributed by atoms with van der Waals surface area (Å²) < 4.78 is 0. The molecule has 0 saturated carbocycles. The smallest absolute Gasteiger partial charge is 0.303 e. The summed E-state index contributed by atoms with van der Waals surface area (Å²) in [4.78, 5) is 23.4. The van der Waals surface area contributed by atoms with Gasteiger partial charge >= 0.3 is 5.97 Å². The molecule has 0 atom stereocenters. The van der Waals surface area contributed by atoms with E-state index in [1.807, 2.05) is 0 Å². The summed E-state index contributed by atoms with van der Waals surface area (Å²) >= 11 is 0. The summed E-state index contributed by atoms with van der Waals surface area (Å²) in [6, 6.07) is 0. The number of aliphatic hydroxyl groups is 1. The summed E-state index contributed by atoms with van der Waals surface area (Å²) in [6.45, 7) is 2.79. The number of likely N-dealkylation sites (tertiary alicyclic amines) is 1. The molecule has 0 unspecified atom stereocenters. The van der Waals surface area contributed by atoms with Crippen LogP contribution in [0.5, 0.6) is 0 Å². The van der Waals surface area contributed by atoms with E-state index in [1.165, 1.54) is 0 Å². The Balaban J connectivity index is 2.33. The molecule has 0 aliphatic carbocycles. The number of carbonyl (C=O) groups is 2. The monoisotopic (exact) mass is 215 g/mol. The molecule has 0 aromatic carbocycles. The van der Waals surface area contributed by atoms with Gasteiger partial charge in [0.05, 0.1) is 12.0 Å². The van der Waals surface area contributed by atoms with Gasteiger partial charge in [-0.3, -0.25) is 9.59 Å². The van der Waals surface area contributed by atoms with Crippen LogP contribution in [0.3, 0.4) is 0 Å². The van der Waals surface area contributed by atoms with Gasteiger partial charge < -0.3 is 15.1 Å². The molecule has 5 nitrogen and oxygen atoms in total. The minimum Gasteiger partial charge on any atom is -0.481 e. The zero-order valence-electron chi connectivity index (χ0n) is 8.90. The molecular formula is C10H17NO4. The van der Waals surface area contributed by atoms with Crippen molar-refractivity contribution in [3.63, 3.8) is 0 Å². The number of nitrogens with zero attached hydrogens (tertiary/aromatic N) is 1. The molecular weight excluding hydrogens is 198 g/mol. The fourth-order valence-corrected chi connectivity index (χ4v) is 1.61. The summed E-state index contributed by atoms with van der Waals surface area (Å²) in [7, 11) is 0. The lowest BCUT2D eigenvalue weighted by atomic mass is 9.93. The molecule has 86 valence electrons. The molecule has 2 N–H and O–H groups in total. The van der Waals surface area contributed by atoms with Crippen molar-refractivity contribution in [2.75, 3.05) is 13.1 Å². The van der Waals surface area contributed by atoms with E-state index in [2.05, 4.69) is 0 Å². The molecule has 0 radical (unpaired) electrons. The van der Waals surface area contributed by atoms with Crippen LogP contribution >= 0.6 is 0 Å². The molecule has 5 heteroatoms. The van der Waals surface area contributed by atoms with E-state index in [4.69, 9.17) is 5.11 Å². The highest BCUT2D eigenvalue weighted by atomic mass is 16.4. The third-order valence-corrected chi connectivity index (χ3v) is 2.75. The van der Waals surface area contributed by atoms with Gasteiger partial charge in [0, 0.05) is 19.5 Å². The Kier molecular flexibility index (Phi) is 3.68. The fraction of sp³-hybridized carbons (Fsp3) is 0.800. The molecule has 0 aromatic rings. The molecule has 1 amide bonds. The Labute approximate surface area is 88.7 Å². The maximum absolute atomic E-state index is 11.5. The Morgan fingerprint density at radius 1 is 1.27 bits per heavy atom. The number of carboxylic acid groups (broad SMARTS) is 1. The van der Waals surface area contributed by atoms with E-state index in [-0.39, 0.29) is 18.7 Å². The number of piperidine rings is 1. The number of rotatable bonds is 3. The van der Waals surface area contributed by atoms with E-state index in [1.54, 1.807) is 11.8 Å². The van der Waals surface area contributed by atoms with Crippen molar-refractivity contribution in [2.24, 2.45) is 0 Å². The number of carbonyl (C=O) groups excluding carboxylic acids is 1. The van der Waals surface area contributed by atoms with Crippen LogP contribution in [0.25, 0.3) is 0 Å². The maximum Gasteiger partial charge on any atom is 0.303 e. The van der Waals surface area contributed by atoms with Crippen LogP contribution in [-0.4, -0.2) is 45.7 Å². The topological polar surface area (TPSA) is 77.8 Å². The van der Waals surface area contributed by atoms with Gasteiger partial charge in [0.25, 0.3) is 0 Å². The SMILES string of the molecule is CC1(O)CCN(C(=O)CCC(=O)O)CC1. The van der Waals surface area contributed by atoms with Crippen molar-refractivity contribution < 1.29 is 19.8 Å². The first-order chi connectivity index (χ1) is 6.91. The molecule has 1 heterocycles. The van der Waals surface area contributed by atoms with Crippen molar-refractivity contribution in [1.82, 2.24) is 4.90 Å². The minimum absolute atomic E-state index is 0.0531. The molecule has 1 fully saturated rings. The van der Waals surface area contributed by atoms with Crippen molar-refractivity contribution in [2.45, 2.75) is 38.2 Å². The first kappa shape index (κ1) is 12.0. The van der Waals surface area contributed by atoms with Gasteiger partial charge in [0.15, 0.2) is 0 Å². The summed E-state index contributed by atoms with van der Waals surface area (Å²) in [5.74, 6) is -1.08. The zero-order valence-corrected chi connectivity index (χ0v) is 8.90. The highest BCUT2D eigenvalue weighted by Gasteiger charge is 2.29. The fourth-order valence-electron chi connectivity index (χ4n) is 1.61. The number of amides is 1. The van der Waals surface area contributed by atoms with Crippen molar-refractivity contribution in [3.8, 4) is 0 Å². The highest BCUT2D eigenvalue weighted by molar-refractivity contribution is 5.80. The lowest BCUT2D eigenvalue weighted by molar-refractivity contribution is -0.142. The van der Waals surface area contributed by atoms with Gasteiger partial charge in [0.2, 0.25) is 5.91 Å². The first-order valence-corrected chi connectivity index (χ1v) is 5.13. The van der Waals surface area contributed by atoms with E-state index >= 15 is 0 Å². The predicted molar refractivity (Wildman–Crippen MR) is 53.3 cm³/mol. The Bertz CT molecular complexity index is 252. The molecule has 0 bridgehead atoms. The van der Waals surface area contributed by atoms with Crippen molar-refractivity contribution in [1.29, 1.82) is 0 Å². The molecule has 1 aliphatic rings. The molecule has 15 heavy (non-hydrogen) atoms. The zero-order chi connectivity index (χ0) is 11.5. The number of hydrogen-bond donors (Lipinski definition) is 2. The summed E-state index contributed by atoms with van der Waals surface area (Å²) in [5, 5.41) is 18.1. The third-order valence-electron chi connectivity index (χ3n) is 2.75. The van der Waals surface area contributed by atoms with Crippen LogP contribution in [0.1, 0.15) is 32.6 Å². The number of hydrogen-bond acceptors (Lipinski definition) is 3. The van der Waals surface area contributed by atoms with Crippen LogP contribution in [-0.2, 0) is 9.59 Å². The van der Waals surface area contributed by atoms with E-state index in [9.17, 15) is 14.7 Å². The Morgan fingerprint density at radius 3 is 2.27 bits per heavy atom. The quantitative estimate of drug-likeness (QED) is 0.706. The van der Waals surface area contributed by atoms with Crippen LogP contribution in [0.15, 0.2) is 0 Å². The predicted octanol–water partition coefficient (Wildman–Crippen LogP) is 0.225. The third kappa shape index (κ3) is 3.87. The van der Waals surface area contributed by atoms with E-state index < -0.39 is 11.6 Å². The average molecular weight is 215 g/mol. The summed E-state index contributed by atoms with van der Waals surface area (Å²) in [5.41, 5.74) is -0.677. The average Bonchev–Trinajstić information content (AvgIpc) is 2.14. The molecule has 0 aromatic heterocycles. The van der Waals surface area contributed by atoms with Crippen LogP contribution < -0.4 is 0 Å². The van der Waals surface area contributed by atoms with Gasteiger partial charge in [0.1, 0.15) is 0 Å². The largest absolute Gasteiger partial charge is 0.481 e. The van der Waals surface area contributed by atoms with E-state index in [0.29, 0.717) is 25.9 Å². The van der Waals surface area contributed by atoms with Gasteiger partial charge in [-0.25, -0.2) is 0 Å². The van der Waals surface area contributed by atoms with Crippen LogP contribution in [0.2, 0.25) is 0 Å².